The largest absolute Gasteiger partial charge is 0.465 e. The van der Waals surface area contributed by atoms with Crippen LogP contribution in [0, 0.1) is 5.92 Å². The summed E-state index contributed by atoms with van der Waals surface area (Å²) < 4.78 is 0. The minimum atomic E-state index is -0.805. The normalized spacial score (nSPS) is 24.5. The van der Waals surface area contributed by atoms with E-state index in [1.165, 1.54) is 4.90 Å². The maximum atomic E-state index is 10.5. The Bertz CT molecular complexity index is 222. The fourth-order valence-corrected chi connectivity index (χ4v) is 2.00. The van der Waals surface area contributed by atoms with Gasteiger partial charge in [0.15, 0.2) is 0 Å². The van der Waals surface area contributed by atoms with Crippen LogP contribution in [0.15, 0.2) is 0 Å². The molecule has 2 heterocycles. The maximum Gasteiger partial charge on any atom is 0.407 e. The van der Waals surface area contributed by atoms with Crippen molar-refractivity contribution in [1.82, 2.24) is 9.80 Å². The molecular formula is C9H16N2O3. The molecule has 2 N–H and O–H groups in total. The van der Waals surface area contributed by atoms with Crippen LogP contribution in [0.4, 0.5) is 4.79 Å². The van der Waals surface area contributed by atoms with Gasteiger partial charge in [-0.2, -0.15) is 0 Å². The Morgan fingerprint density at radius 1 is 1.29 bits per heavy atom. The Morgan fingerprint density at radius 3 is 2.43 bits per heavy atom. The van der Waals surface area contributed by atoms with E-state index in [1.54, 1.807) is 0 Å². The third-order valence-electron chi connectivity index (χ3n) is 3.02. The van der Waals surface area contributed by atoms with E-state index in [9.17, 15) is 4.79 Å². The van der Waals surface area contributed by atoms with E-state index in [2.05, 4.69) is 4.90 Å². The molecule has 0 aromatic rings. The molecule has 5 heteroatoms. The molecule has 80 valence electrons. The van der Waals surface area contributed by atoms with Gasteiger partial charge in [0.2, 0.25) is 0 Å². The average Bonchev–Trinajstić information content (AvgIpc) is 1.96. The van der Waals surface area contributed by atoms with Crippen LogP contribution >= 0.6 is 0 Å². The molecule has 2 saturated heterocycles. The summed E-state index contributed by atoms with van der Waals surface area (Å²) in [6.07, 6.45) is 0.115. The Morgan fingerprint density at radius 2 is 1.93 bits per heavy atom. The minimum absolute atomic E-state index is 0.132. The van der Waals surface area contributed by atoms with E-state index in [1.807, 2.05) is 0 Å². The zero-order chi connectivity index (χ0) is 10.1. The molecular weight excluding hydrogens is 184 g/mol. The number of aliphatic hydroxyl groups excluding tert-OH is 1. The van der Waals surface area contributed by atoms with Crippen LogP contribution in [-0.4, -0.2) is 64.9 Å². The highest BCUT2D eigenvalue weighted by atomic mass is 16.4. The predicted molar refractivity (Wildman–Crippen MR) is 50.2 cm³/mol. The van der Waals surface area contributed by atoms with E-state index in [-0.39, 0.29) is 6.10 Å². The lowest BCUT2D eigenvalue weighted by Gasteiger charge is -2.41. The van der Waals surface area contributed by atoms with Crippen LogP contribution in [0.3, 0.4) is 0 Å². The van der Waals surface area contributed by atoms with Gasteiger partial charge in [0.1, 0.15) is 0 Å². The Labute approximate surface area is 82.9 Å². The van der Waals surface area contributed by atoms with Crippen LogP contribution < -0.4 is 0 Å². The van der Waals surface area contributed by atoms with Crippen molar-refractivity contribution in [1.29, 1.82) is 0 Å². The lowest BCUT2D eigenvalue weighted by Crippen LogP contribution is -2.54. The Kier molecular flexibility index (Phi) is 2.60. The summed E-state index contributed by atoms with van der Waals surface area (Å²) in [5, 5.41) is 17.6. The standard InChI is InChI=1S/C9H16N2O3/c12-8-5-10(6-8)2-1-7-3-11(4-7)9(13)14/h7-8,12H,1-6H2,(H,13,14). The predicted octanol–water partition coefficient (Wildman–Crippen LogP) is -0.337. The molecule has 0 aromatic heterocycles. The number of carbonyl (C=O) groups is 1. The molecule has 0 unspecified atom stereocenters. The average molecular weight is 200 g/mol. The Balaban J connectivity index is 1.54. The van der Waals surface area contributed by atoms with Crippen molar-refractivity contribution in [2.45, 2.75) is 12.5 Å². The first-order valence-electron chi connectivity index (χ1n) is 5.03. The number of amides is 1. The second-order valence-corrected chi connectivity index (χ2v) is 4.26. The number of nitrogens with zero attached hydrogens (tertiary/aromatic N) is 2. The Hall–Kier alpha value is -0.810. The van der Waals surface area contributed by atoms with Crippen LogP contribution in [-0.2, 0) is 0 Å². The molecule has 0 radical (unpaired) electrons. The van der Waals surface area contributed by atoms with Crippen molar-refractivity contribution in [3.05, 3.63) is 0 Å². The minimum Gasteiger partial charge on any atom is -0.465 e. The topological polar surface area (TPSA) is 64.0 Å². The molecule has 0 saturated carbocycles. The molecule has 2 aliphatic heterocycles. The van der Waals surface area contributed by atoms with E-state index in [0.29, 0.717) is 19.0 Å². The third kappa shape index (κ3) is 1.99. The van der Waals surface area contributed by atoms with E-state index >= 15 is 0 Å². The van der Waals surface area contributed by atoms with Crippen molar-refractivity contribution in [2.75, 3.05) is 32.7 Å². The highest BCUT2D eigenvalue weighted by Gasteiger charge is 2.31. The second-order valence-electron chi connectivity index (χ2n) is 4.26. The lowest BCUT2D eigenvalue weighted by molar-refractivity contribution is -0.00665. The molecule has 0 bridgehead atoms. The summed E-state index contributed by atoms with van der Waals surface area (Å²) in [5.41, 5.74) is 0. The molecule has 2 fully saturated rings. The quantitative estimate of drug-likeness (QED) is 0.654. The maximum absolute atomic E-state index is 10.5. The molecule has 5 nitrogen and oxygen atoms in total. The number of hydrogen-bond acceptors (Lipinski definition) is 3. The zero-order valence-corrected chi connectivity index (χ0v) is 8.09. The van der Waals surface area contributed by atoms with Crippen LogP contribution in [0.25, 0.3) is 0 Å². The number of aliphatic hydroxyl groups is 1. The number of carboxylic acid groups (broad SMARTS) is 1. The number of rotatable bonds is 3. The smallest absolute Gasteiger partial charge is 0.407 e. The SMILES string of the molecule is O=C(O)N1CC(CCN2CC(O)C2)C1. The summed E-state index contributed by atoms with van der Waals surface area (Å²) in [7, 11) is 0. The van der Waals surface area contributed by atoms with Crippen molar-refractivity contribution >= 4 is 6.09 Å². The summed E-state index contributed by atoms with van der Waals surface area (Å²) in [5.74, 6) is 0.531. The monoisotopic (exact) mass is 200 g/mol. The van der Waals surface area contributed by atoms with E-state index < -0.39 is 6.09 Å². The van der Waals surface area contributed by atoms with Gasteiger partial charge >= 0.3 is 6.09 Å². The highest BCUT2D eigenvalue weighted by molar-refractivity contribution is 5.65. The van der Waals surface area contributed by atoms with Gasteiger partial charge < -0.3 is 15.1 Å². The number of β-amino-alcohol motifs (C(OH)–C–C–N with tert-alkyl or cyclic N) is 1. The van der Waals surface area contributed by atoms with Gasteiger partial charge in [-0.3, -0.25) is 4.90 Å². The molecule has 14 heavy (non-hydrogen) atoms. The van der Waals surface area contributed by atoms with Crippen LogP contribution in [0.1, 0.15) is 6.42 Å². The van der Waals surface area contributed by atoms with Crippen LogP contribution in [0.5, 0.6) is 0 Å². The van der Waals surface area contributed by atoms with Gasteiger partial charge in [0.05, 0.1) is 6.10 Å². The van der Waals surface area contributed by atoms with E-state index in [4.69, 9.17) is 10.2 Å². The van der Waals surface area contributed by atoms with Gasteiger partial charge in [0, 0.05) is 26.2 Å². The fourth-order valence-electron chi connectivity index (χ4n) is 2.00. The van der Waals surface area contributed by atoms with Crippen molar-refractivity contribution < 1.29 is 15.0 Å². The van der Waals surface area contributed by atoms with Gasteiger partial charge in [-0.05, 0) is 18.9 Å². The molecule has 0 aliphatic carbocycles. The molecule has 2 aliphatic rings. The fraction of sp³-hybridized carbons (Fsp3) is 0.889. The van der Waals surface area contributed by atoms with Gasteiger partial charge in [-0.15, -0.1) is 0 Å². The number of likely N-dealkylation sites (tertiary alicyclic amines) is 2. The summed E-state index contributed by atoms with van der Waals surface area (Å²) in [6.45, 7) is 3.94. The van der Waals surface area contributed by atoms with Crippen molar-refractivity contribution in [2.24, 2.45) is 5.92 Å². The lowest BCUT2D eigenvalue weighted by atomic mass is 9.96. The van der Waals surface area contributed by atoms with Crippen LogP contribution in [0.2, 0.25) is 0 Å². The first-order valence-corrected chi connectivity index (χ1v) is 5.03. The molecule has 0 atom stereocenters. The highest BCUT2D eigenvalue weighted by Crippen LogP contribution is 2.20. The van der Waals surface area contributed by atoms with Gasteiger partial charge in [-0.25, -0.2) is 4.79 Å². The second kappa shape index (κ2) is 3.74. The molecule has 0 spiro atoms. The van der Waals surface area contributed by atoms with Crippen molar-refractivity contribution in [3.63, 3.8) is 0 Å². The summed E-state index contributed by atoms with van der Waals surface area (Å²) in [6, 6.07) is 0. The number of hydrogen-bond donors (Lipinski definition) is 2. The van der Waals surface area contributed by atoms with E-state index in [0.717, 1.165) is 26.1 Å². The van der Waals surface area contributed by atoms with Gasteiger partial charge in [-0.1, -0.05) is 0 Å². The molecule has 2 rings (SSSR count). The molecule has 0 aromatic carbocycles. The first kappa shape index (κ1) is 9.73. The summed E-state index contributed by atoms with van der Waals surface area (Å²) in [4.78, 5) is 14.1. The summed E-state index contributed by atoms with van der Waals surface area (Å²) >= 11 is 0. The van der Waals surface area contributed by atoms with Gasteiger partial charge in [0.25, 0.3) is 0 Å². The first-order chi connectivity index (χ1) is 6.65. The molecule has 1 amide bonds. The third-order valence-corrected chi connectivity index (χ3v) is 3.02. The van der Waals surface area contributed by atoms with Crippen molar-refractivity contribution in [3.8, 4) is 0 Å². The zero-order valence-electron chi connectivity index (χ0n) is 8.09.